The molecule has 1 saturated carbocycles. The lowest BCUT2D eigenvalue weighted by molar-refractivity contribution is -0.126. The van der Waals surface area contributed by atoms with Crippen molar-refractivity contribution in [2.75, 3.05) is 13.1 Å². The van der Waals surface area contributed by atoms with Crippen LogP contribution in [0.2, 0.25) is 0 Å². The molecule has 1 aliphatic carbocycles. The van der Waals surface area contributed by atoms with E-state index in [2.05, 4.69) is 15.5 Å². The van der Waals surface area contributed by atoms with Gasteiger partial charge in [-0.3, -0.25) is 9.89 Å². The molecule has 0 atom stereocenters. The molecule has 24 heavy (non-hydrogen) atoms. The fraction of sp³-hybridized carbons (Fsp3) is 0.750. The number of carbonyl (C=O) groups excluding carboxylic acids is 1. The number of hydrogen-bond donors (Lipinski definition) is 2. The van der Waals surface area contributed by atoms with E-state index in [1.54, 1.807) is 13.8 Å². The van der Waals surface area contributed by atoms with Gasteiger partial charge >= 0.3 is 0 Å². The number of amides is 1. The fourth-order valence-corrected chi connectivity index (χ4v) is 5.60. The van der Waals surface area contributed by atoms with Crippen molar-refractivity contribution in [2.45, 2.75) is 63.3 Å². The zero-order valence-corrected chi connectivity index (χ0v) is 15.2. The van der Waals surface area contributed by atoms with Gasteiger partial charge in [0.15, 0.2) is 0 Å². The third-order valence-electron chi connectivity index (χ3n) is 5.18. The topological polar surface area (TPSA) is 95.2 Å². The Morgan fingerprint density at radius 2 is 1.79 bits per heavy atom. The molecule has 8 heteroatoms. The molecule has 1 aliphatic heterocycles. The predicted octanol–water partition coefficient (Wildman–Crippen LogP) is 1.49. The highest BCUT2D eigenvalue weighted by Crippen LogP contribution is 2.27. The molecule has 1 aromatic rings. The second-order valence-electron chi connectivity index (χ2n) is 6.93. The summed E-state index contributed by atoms with van der Waals surface area (Å²) in [7, 11) is -3.54. The van der Waals surface area contributed by atoms with Gasteiger partial charge in [-0.1, -0.05) is 12.8 Å². The number of piperidine rings is 1. The summed E-state index contributed by atoms with van der Waals surface area (Å²) in [6, 6.07) is 0.315. The van der Waals surface area contributed by atoms with E-state index in [1.807, 2.05) is 0 Å². The Bertz CT molecular complexity index is 679. The summed E-state index contributed by atoms with van der Waals surface area (Å²) in [5, 5.41) is 9.84. The van der Waals surface area contributed by atoms with Crippen LogP contribution < -0.4 is 5.32 Å². The number of carbonyl (C=O) groups is 1. The highest BCUT2D eigenvalue weighted by molar-refractivity contribution is 7.89. The standard InChI is InChI=1S/C16H26N4O3S/c1-11-15(12(2)19-18-11)24(22,23)20-9-7-13(8-10-20)16(21)17-14-5-3-4-6-14/h13-14H,3-10H2,1-2H3,(H,17,21)(H,18,19). The number of nitrogens with one attached hydrogen (secondary N) is 2. The van der Waals surface area contributed by atoms with Gasteiger partial charge in [-0.2, -0.15) is 9.40 Å². The molecule has 7 nitrogen and oxygen atoms in total. The molecule has 2 N–H and O–H groups in total. The van der Waals surface area contributed by atoms with Crippen molar-refractivity contribution in [3.8, 4) is 0 Å². The van der Waals surface area contributed by atoms with Crippen molar-refractivity contribution in [3.05, 3.63) is 11.4 Å². The SMILES string of the molecule is Cc1n[nH]c(C)c1S(=O)(=O)N1CCC(C(=O)NC2CCCC2)CC1. The van der Waals surface area contributed by atoms with Crippen LogP contribution in [0.4, 0.5) is 0 Å². The molecule has 3 rings (SSSR count). The number of sulfonamides is 1. The van der Waals surface area contributed by atoms with Crippen molar-refractivity contribution >= 4 is 15.9 Å². The van der Waals surface area contributed by atoms with E-state index in [0.717, 1.165) is 12.8 Å². The molecule has 134 valence electrons. The lowest BCUT2D eigenvalue weighted by Crippen LogP contribution is -2.45. The minimum Gasteiger partial charge on any atom is -0.353 e. The smallest absolute Gasteiger partial charge is 0.246 e. The summed E-state index contributed by atoms with van der Waals surface area (Å²) in [6.07, 6.45) is 5.66. The Morgan fingerprint density at radius 3 is 2.33 bits per heavy atom. The molecule has 1 aromatic heterocycles. The molecule has 0 spiro atoms. The first kappa shape index (κ1) is 17.4. The minimum atomic E-state index is -3.54. The zero-order chi connectivity index (χ0) is 17.3. The summed E-state index contributed by atoms with van der Waals surface area (Å²) < 4.78 is 27.1. The predicted molar refractivity (Wildman–Crippen MR) is 89.9 cm³/mol. The van der Waals surface area contributed by atoms with Gasteiger partial charge in [0, 0.05) is 25.0 Å². The molecular formula is C16H26N4O3S. The van der Waals surface area contributed by atoms with Crippen LogP contribution in [-0.4, -0.2) is 48.0 Å². The second kappa shape index (κ2) is 6.84. The molecule has 0 unspecified atom stereocenters. The summed E-state index contributed by atoms with van der Waals surface area (Å²) in [5.41, 5.74) is 1.06. The first-order chi connectivity index (χ1) is 11.4. The Kier molecular flexibility index (Phi) is 4.96. The fourth-order valence-electron chi connectivity index (χ4n) is 3.80. The molecule has 0 bridgehead atoms. The highest BCUT2D eigenvalue weighted by Gasteiger charge is 2.35. The molecular weight excluding hydrogens is 328 g/mol. The minimum absolute atomic E-state index is 0.0800. The van der Waals surface area contributed by atoms with E-state index >= 15 is 0 Å². The lowest BCUT2D eigenvalue weighted by atomic mass is 9.97. The van der Waals surface area contributed by atoms with Crippen LogP contribution in [0.3, 0.4) is 0 Å². The highest BCUT2D eigenvalue weighted by atomic mass is 32.2. The number of H-pyrrole nitrogens is 1. The zero-order valence-electron chi connectivity index (χ0n) is 14.3. The number of aryl methyl sites for hydroxylation is 2. The first-order valence-electron chi connectivity index (χ1n) is 8.71. The third-order valence-corrected chi connectivity index (χ3v) is 7.35. The van der Waals surface area contributed by atoms with Crippen molar-refractivity contribution in [3.63, 3.8) is 0 Å². The molecule has 2 aliphatic rings. The van der Waals surface area contributed by atoms with Crippen LogP contribution >= 0.6 is 0 Å². The van der Waals surface area contributed by atoms with Crippen LogP contribution in [0.1, 0.15) is 49.9 Å². The Balaban J connectivity index is 1.61. The molecule has 1 saturated heterocycles. The Hall–Kier alpha value is -1.41. The summed E-state index contributed by atoms with van der Waals surface area (Å²) in [6.45, 7) is 4.18. The van der Waals surface area contributed by atoms with Gasteiger partial charge < -0.3 is 5.32 Å². The first-order valence-corrected chi connectivity index (χ1v) is 10.2. The molecule has 0 radical (unpaired) electrons. The maximum absolute atomic E-state index is 12.8. The van der Waals surface area contributed by atoms with Gasteiger partial charge in [-0.25, -0.2) is 8.42 Å². The van der Waals surface area contributed by atoms with E-state index in [4.69, 9.17) is 0 Å². The van der Waals surface area contributed by atoms with Gasteiger partial charge in [0.25, 0.3) is 0 Å². The van der Waals surface area contributed by atoms with Gasteiger partial charge in [0.2, 0.25) is 15.9 Å². The summed E-state index contributed by atoms with van der Waals surface area (Å²) in [5.74, 6) is 0.0122. The van der Waals surface area contributed by atoms with E-state index in [-0.39, 0.29) is 16.7 Å². The Morgan fingerprint density at radius 1 is 1.17 bits per heavy atom. The van der Waals surface area contributed by atoms with Gasteiger partial charge in [-0.05, 0) is 39.5 Å². The van der Waals surface area contributed by atoms with Gasteiger partial charge in [0.05, 0.1) is 11.4 Å². The van der Waals surface area contributed by atoms with Crippen LogP contribution in [0.5, 0.6) is 0 Å². The van der Waals surface area contributed by atoms with Crippen LogP contribution in [-0.2, 0) is 14.8 Å². The quantitative estimate of drug-likeness (QED) is 0.856. The van der Waals surface area contributed by atoms with E-state index in [0.29, 0.717) is 43.4 Å². The van der Waals surface area contributed by atoms with Crippen LogP contribution in [0.15, 0.2) is 4.90 Å². The third kappa shape index (κ3) is 3.35. The number of aromatic amines is 1. The monoisotopic (exact) mass is 354 g/mol. The lowest BCUT2D eigenvalue weighted by Gasteiger charge is -2.31. The molecule has 0 aromatic carbocycles. The van der Waals surface area contributed by atoms with Crippen LogP contribution in [0.25, 0.3) is 0 Å². The second-order valence-corrected chi connectivity index (χ2v) is 8.81. The van der Waals surface area contributed by atoms with E-state index in [9.17, 15) is 13.2 Å². The largest absolute Gasteiger partial charge is 0.353 e. The number of rotatable bonds is 4. The van der Waals surface area contributed by atoms with E-state index in [1.165, 1.54) is 17.1 Å². The van der Waals surface area contributed by atoms with Crippen molar-refractivity contribution in [2.24, 2.45) is 5.92 Å². The van der Waals surface area contributed by atoms with Crippen molar-refractivity contribution < 1.29 is 13.2 Å². The maximum atomic E-state index is 12.8. The number of hydrogen-bond acceptors (Lipinski definition) is 4. The molecule has 2 heterocycles. The summed E-state index contributed by atoms with van der Waals surface area (Å²) >= 11 is 0. The van der Waals surface area contributed by atoms with Crippen molar-refractivity contribution in [1.82, 2.24) is 19.8 Å². The van der Waals surface area contributed by atoms with E-state index < -0.39 is 10.0 Å². The van der Waals surface area contributed by atoms with Gasteiger partial charge in [0.1, 0.15) is 4.90 Å². The molecule has 2 fully saturated rings. The average Bonchev–Trinajstić information content (AvgIpc) is 3.17. The summed E-state index contributed by atoms with van der Waals surface area (Å²) in [4.78, 5) is 12.6. The van der Waals surface area contributed by atoms with Crippen LogP contribution in [0, 0.1) is 19.8 Å². The van der Waals surface area contributed by atoms with Crippen molar-refractivity contribution in [1.29, 1.82) is 0 Å². The number of aromatic nitrogens is 2. The average molecular weight is 354 g/mol. The van der Waals surface area contributed by atoms with Gasteiger partial charge in [-0.15, -0.1) is 0 Å². The maximum Gasteiger partial charge on any atom is 0.246 e. The number of nitrogens with zero attached hydrogens (tertiary/aromatic N) is 2. The Labute approximate surface area is 143 Å². The normalized spacial score (nSPS) is 21.2. The molecule has 1 amide bonds.